The van der Waals surface area contributed by atoms with Crippen molar-refractivity contribution in [2.45, 2.75) is 36.4 Å². The van der Waals surface area contributed by atoms with Gasteiger partial charge in [0.05, 0.1) is 5.25 Å². The smallest absolute Gasteiger partial charge is 0.206 e. The Morgan fingerprint density at radius 3 is 2.52 bits per heavy atom. The van der Waals surface area contributed by atoms with Gasteiger partial charge in [-0.05, 0) is 32.9 Å². The second-order valence-corrected chi connectivity index (χ2v) is 8.28. The van der Waals surface area contributed by atoms with Crippen molar-refractivity contribution in [3.8, 4) is 0 Å². The largest absolute Gasteiger partial charge is 0.358 e. The van der Waals surface area contributed by atoms with Crippen LogP contribution in [0.15, 0.2) is 33.1 Å². The summed E-state index contributed by atoms with van der Waals surface area (Å²) < 4.78 is 1.77. The molecule has 0 radical (unpaired) electrons. The Morgan fingerprint density at radius 2 is 1.90 bits per heavy atom. The van der Waals surface area contributed by atoms with Gasteiger partial charge < -0.3 is 5.32 Å². The molecule has 0 fully saturated rings. The van der Waals surface area contributed by atoms with E-state index >= 15 is 0 Å². The first-order valence-corrected chi connectivity index (χ1v) is 9.01. The molecule has 1 unspecified atom stereocenters. The zero-order chi connectivity index (χ0) is 15.4. The number of thioether (sulfide) groups is 1. The molecule has 1 aromatic carbocycles. The van der Waals surface area contributed by atoms with Gasteiger partial charge in [-0.25, -0.2) is 0 Å². The fourth-order valence-corrected chi connectivity index (χ4v) is 4.00. The van der Waals surface area contributed by atoms with Crippen LogP contribution in [0.1, 0.15) is 31.1 Å². The number of halogens is 1. The minimum atomic E-state index is -0.189. The molecule has 0 aliphatic rings. The first-order chi connectivity index (χ1) is 9.95. The van der Waals surface area contributed by atoms with Crippen LogP contribution in [0.25, 0.3) is 0 Å². The Bertz CT molecular complexity index is 613. The lowest BCUT2D eigenvalue weighted by molar-refractivity contribution is 0.0994. The molecule has 1 N–H and O–H groups in total. The maximum Gasteiger partial charge on any atom is 0.206 e. The standard InChI is InChI=1S/C14H16BrN3OS2/c1-8(2)16-13-17-18-14(21-13)20-9(3)12(19)10-4-6-11(15)7-5-10/h4-9H,1-3H3,(H,16,17). The molecule has 2 aromatic rings. The summed E-state index contributed by atoms with van der Waals surface area (Å²) in [5.74, 6) is 0.0982. The molecule has 7 heteroatoms. The van der Waals surface area contributed by atoms with Crippen molar-refractivity contribution < 1.29 is 4.79 Å². The van der Waals surface area contributed by atoms with E-state index in [4.69, 9.17) is 0 Å². The summed E-state index contributed by atoms with van der Waals surface area (Å²) in [6.45, 7) is 5.99. The van der Waals surface area contributed by atoms with Crippen molar-refractivity contribution in [3.05, 3.63) is 34.3 Å². The van der Waals surface area contributed by atoms with E-state index in [9.17, 15) is 4.79 Å². The fraction of sp³-hybridized carbons (Fsp3) is 0.357. The predicted octanol–water partition coefficient (Wildman–Crippen LogP) is 4.48. The Kier molecular flexibility index (Phi) is 5.78. The first-order valence-electron chi connectivity index (χ1n) is 6.52. The van der Waals surface area contributed by atoms with E-state index in [1.54, 1.807) is 0 Å². The molecule has 1 atom stereocenters. The second kappa shape index (κ2) is 7.38. The Balaban J connectivity index is 2.00. The van der Waals surface area contributed by atoms with Crippen molar-refractivity contribution in [1.29, 1.82) is 0 Å². The van der Waals surface area contributed by atoms with E-state index in [0.29, 0.717) is 11.6 Å². The molecule has 0 saturated carbocycles. The van der Waals surface area contributed by atoms with E-state index in [2.05, 4.69) is 31.4 Å². The highest BCUT2D eigenvalue weighted by Crippen LogP contribution is 2.30. The van der Waals surface area contributed by atoms with Gasteiger partial charge in [0.2, 0.25) is 5.13 Å². The number of anilines is 1. The van der Waals surface area contributed by atoms with Crippen molar-refractivity contribution in [3.63, 3.8) is 0 Å². The number of nitrogens with one attached hydrogen (secondary N) is 1. The van der Waals surface area contributed by atoms with Crippen LogP contribution in [0, 0.1) is 0 Å². The molecule has 1 heterocycles. The van der Waals surface area contributed by atoms with Crippen LogP contribution in [0.3, 0.4) is 0 Å². The summed E-state index contributed by atoms with van der Waals surface area (Å²) >= 11 is 6.28. The van der Waals surface area contributed by atoms with E-state index in [-0.39, 0.29) is 11.0 Å². The van der Waals surface area contributed by atoms with Crippen LogP contribution < -0.4 is 5.32 Å². The predicted molar refractivity (Wildman–Crippen MR) is 92.5 cm³/mol. The molecular formula is C14H16BrN3OS2. The molecule has 2 rings (SSSR count). The number of carbonyl (C=O) groups is 1. The van der Waals surface area contributed by atoms with Crippen LogP contribution in [0.4, 0.5) is 5.13 Å². The molecule has 0 spiro atoms. The number of benzene rings is 1. The number of hydrogen-bond donors (Lipinski definition) is 1. The van der Waals surface area contributed by atoms with Crippen LogP contribution in [-0.4, -0.2) is 27.3 Å². The highest BCUT2D eigenvalue weighted by atomic mass is 79.9. The normalized spacial score (nSPS) is 12.4. The summed E-state index contributed by atoms with van der Waals surface area (Å²) in [5.41, 5.74) is 0.711. The summed E-state index contributed by atoms with van der Waals surface area (Å²) in [4.78, 5) is 12.3. The highest BCUT2D eigenvalue weighted by Gasteiger charge is 2.18. The van der Waals surface area contributed by atoms with Crippen LogP contribution in [0.5, 0.6) is 0 Å². The number of nitrogens with zero attached hydrogens (tertiary/aromatic N) is 2. The third-order valence-corrected chi connectivity index (χ3v) is 5.16. The lowest BCUT2D eigenvalue weighted by atomic mass is 10.1. The van der Waals surface area contributed by atoms with Gasteiger partial charge in [0.25, 0.3) is 0 Å². The van der Waals surface area contributed by atoms with Gasteiger partial charge in [0.15, 0.2) is 10.1 Å². The van der Waals surface area contributed by atoms with Gasteiger partial charge in [0, 0.05) is 16.1 Å². The molecule has 4 nitrogen and oxygen atoms in total. The number of hydrogen-bond acceptors (Lipinski definition) is 6. The maximum absolute atomic E-state index is 12.3. The SMILES string of the molecule is CC(C)Nc1nnc(SC(C)C(=O)c2ccc(Br)cc2)s1. The monoisotopic (exact) mass is 385 g/mol. The van der Waals surface area contributed by atoms with E-state index in [1.165, 1.54) is 23.1 Å². The van der Waals surface area contributed by atoms with Crippen molar-refractivity contribution in [1.82, 2.24) is 10.2 Å². The summed E-state index contributed by atoms with van der Waals surface area (Å²) in [6.07, 6.45) is 0. The van der Waals surface area contributed by atoms with Crippen LogP contribution in [0.2, 0.25) is 0 Å². The van der Waals surface area contributed by atoms with Crippen molar-refractivity contribution in [2.24, 2.45) is 0 Å². The lowest BCUT2D eigenvalue weighted by Gasteiger charge is -2.08. The van der Waals surface area contributed by atoms with E-state index in [1.807, 2.05) is 45.0 Å². The Labute approximate surface area is 140 Å². The minimum absolute atomic E-state index is 0.0982. The molecule has 112 valence electrons. The van der Waals surface area contributed by atoms with E-state index in [0.717, 1.165) is 13.9 Å². The Morgan fingerprint density at radius 1 is 1.24 bits per heavy atom. The summed E-state index contributed by atoms with van der Waals surface area (Å²) in [6, 6.07) is 7.73. The van der Waals surface area contributed by atoms with Crippen LogP contribution in [-0.2, 0) is 0 Å². The molecule has 0 saturated heterocycles. The maximum atomic E-state index is 12.3. The quantitative estimate of drug-likeness (QED) is 0.586. The molecule has 0 aliphatic heterocycles. The lowest BCUT2D eigenvalue weighted by Crippen LogP contribution is -2.13. The molecule has 0 amide bonds. The number of carbonyl (C=O) groups excluding carboxylic acids is 1. The molecule has 0 bridgehead atoms. The van der Waals surface area contributed by atoms with Crippen LogP contribution >= 0.6 is 39.0 Å². The number of rotatable bonds is 6. The van der Waals surface area contributed by atoms with Gasteiger partial charge in [-0.1, -0.05) is 51.2 Å². The van der Waals surface area contributed by atoms with Gasteiger partial charge in [-0.15, -0.1) is 10.2 Å². The molecule has 0 aliphatic carbocycles. The molecule has 1 aromatic heterocycles. The molecule has 21 heavy (non-hydrogen) atoms. The third kappa shape index (κ3) is 4.79. The highest BCUT2D eigenvalue weighted by molar-refractivity contribution is 9.10. The fourth-order valence-electron chi connectivity index (χ4n) is 1.62. The van der Waals surface area contributed by atoms with Gasteiger partial charge in [-0.3, -0.25) is 4.79 Å². The van der Waals surface area contributed by atoms with Gasteiger partial charge in [0.1, 0.15) is 0 Å². The molecular weight excluding hydrogens is 370 g/mol. The zero-order valence-electron chi connectivity index (χ0n) is 12.0. The van der Waals surface area contributed by atoms with Gasteiger partial charge >= 0.3 is 0 Å². The number of aromatic nitrogens is 2. The second-order valence-electron chi connectivity index (χ2n) is 4.80. The van der Waals surface area contributed by atoms with Crippen molar-refractivity contribution >= 4 is 49.9 Å². The average molecular weight is 386 g/mol. The Hall–Kier alpha value is -0.920. The number of Topliss-reactive ketones (excluding diaryl/α,β-unsaturated/α-hetero) is 1. The van der Waals surface area contributed by atoms with Crippen molar-refractivity contribution in [2.75, 3.05) is 5.32 Å². The summed E-state index contributed by atoms with van der Waals surface area (Å²) in [5, 5.41) is 12.0. The summed E-state index contributed by atoms with van der Waals surface area (Å²) in [7, 11) is 0. The van der Waals surface area contributed by atoms with E-state index < -0.39 is 0 Å². The zero-order valence-corrected chi connectivity index (χ0v) is 15.2. The first kappa shape index (κ1) is 16.5. The van der Waals surface area contributed by atoms with Gasteiger partial charge in [-0.2, -0.15) is 0 Å². The number of ketones is 1. The average Bonchev–Trinajstić information content (AvgIpc) is 2.85. The minimum Gasteiger partial charge on any atom is -0.358 e. The third-order valence-electron chi connectivity index (χ3n) is 2.59. The topological polar surface area (TPSA) is 54.9 Å².